The summed E-state index contributed by atoms with van der Waals surface area (Å²) in [4.78, 5) is 0.188. The number of methoxy groups -OCH3 is 1. The molecule has 19 heavy (non-hydrogen) atoms. The first kappa shape index (κ1) is 15.4. The first-order chi connectivity index (χ1) is 9.11. The molecular weight excluding hydrogens is 351 g/mol. The molecule has 0 aliphatic carbocycles. The summed E-state index contributed by atoms with van der Waals surface area (Å²) < 4.78 is 10.8. The largest absolute Gasteiger partial charge is 0.495 e. The highest BCUT2D eigenvalue weighted by atomic mass is 79.9. The first-order valence-electron chi connectivity index (χ1n) is 6.40. The van der Waals surface area contributed by atoms with Crippen molar-refractivity contribution in [2.24, 2.45) is 0 Å². The Labute approximate surface area is 132 Å². The third kappa shape index (κ3) is 4.01. The van der Waals surface area contributed by atoms with Gasteiger partial charge in [0.25, 0.3) is 0 Å². The Balaban J connectivity index is 2.01. The van der Waals surface area contributed by atoms with E-state index in [-0.39, 0.29) is 4.83 Å². The van der Waals surface area contributed by atoms with Gasteiger partial charge < -0.3 is 9.47 Å². The summed E-state index contributed by atoms with van der Waals surface area (Å²) in [6, 6.07) is 3.64. The summed E-state index contributed by atoms with van der Waals surface area (Å²) in [6.45, 7) is 0.896. The third-order valence-corrected chi connectivity index (χ3v) is 4.95. The second-order valence-corrected chi connectivity index (χ2v) is 6.61. The van der Waals surface area contributed by atoms with Gasteiger partial charge in [-0.2, -0.15) is 0 Å². The van der Waals surface area contributed by atoms with E-state index in [9.17, 15) is 0 Å². The second-order valence-electron chi connectivity index (χ2n) is 4.69. The fourth-order valence-electron chi connectivity index (χ4n) is 2.30. The van der Waals surface area contributed by atoms with Crippen LogP contribution in [0.1, 0.15) is 36.1 Å². The van der Waals surface area contributed by atoms with Crippen LogP contribution in [0.2, 0.25) is 10.0 Å². The lowest BCUT2D eigenvalue weighted by atomic mass is 10.0. The number of hydrogen-bond donors (Lipinski definition) is 0. The molecule has 106 valence electrons. The molecule has 1 heterocycles. The van der Waals surface area contributed by atoms with Gasteiger partial charge in [-0.25, -0.2) is 0 Å². The fourth-order valence-corrected chi connectivity index (χ4v) is 3.61. The van der Waals surface area contributed by atoms with Crippen LogP contribution in [-0.4, -0.2) is 19.8 Å². The Morgan fingerprint density at radius 1 is 1.42 bits per heavy atom. The maximum Gasteiger partial charge on any atom is 0.138 e. The first-order valence-corrected chi connectivity index (χ1v) is 8.07. The van der Waals surface area contributed by atoms with Crippen LogP contribution in [0.5, 0.6) is 5.75 Å². The van der Waals surface area contributed by atoms with Crippen LogP contribution < -0.4 is 4.74 Å². The van der Waals surface area contributed by atoms with Crippen LogP contribution in [-0.2, 0) is 4.74 Å². The quantitative estimate of drug-likeness (QED) is 0.649. The average Bonchev–Trinajstić information content (AvgIpc) is 2.91. The molecule has 0 spiro atoms. The predicted molar refractivity (Wildman–Crippen MR) is 82.9 cm³/mol. The molecule has 2 nitrogen and oxygen atoms in total. The van der Waals surface area contributed by atoms with E-state index in [0.717, 1.165) is 31.4 Å². The van der Waals surface area contributed by atoms with Crippen molar-refractivity contribution in [3.63, 3.8) is 0 Å². The lowest BCUT2D eigenvalue weighted by molar-refractivity contribution is 0.102. The third-order valence-electron chi connectivity index (χ3n) is 3.37. The minimum absolute atomic E-state index is 0.188. The molecule has 0 amide bonds. The summed E-state index contributed by atoms with van der Waals surface area (Å²) in [6.07, 6.45) is 4.75. The van der Waals surface area contributed by atoms with Gasteiger partial charge in [0.1, 0.15) is 5.75 Å². The normalized spacial score (nSPS) is 20.5. The Kier molecular flexibility index (Phi) is 5.82. The van der Waals surface area contributed by atoms with Crippen LogP contribution in [0.15, 0.2) is 12.1 Å². The highest BCUT2D eigenvalue weighted by Gasteiger charge is 2.19. The van der Waals surface area contributed by atoms with E-state index in [0.29, 0.717) is 21.9 Å². The highest BCUT2D eigenvalue weighted by Crippen LogP contribution is 2.39. The molecule has 1 saturated heterocycles. The van der Waals surface area contributed by atoms with E-state index < -0.39 is 0 Å². The van der Waals surface area contributed by atoms with E-state index in [1.165, 1.54) is 6.42 Å². The van der Waals surface area contributed by atoms with Crippen molar-refractivity contribution in [3.05, 3.63) is 27.7 Å². The Morgan fingerprint density at radius 3 is 2.84 bits per heavy atom. The van der Waals surface area contributed by atoms with Crippen LogP contribution in [0.25, 0.3) is 0 Å². The van der Waals surface area contributed by atoms with Gasteiger partial charge in [0, 0.05) is 22.5 Å². The molecule has 0 saturated carbocycles. The molecule has 0 radical (unpaired) electrons. The van der Waals surface area contributed by atoms with Crippen LogP contribution in [0.4, 0.5) is 0 Å². The summed E-state index contributed by atoms with van der Waals surface area (Å²) in [7, 11) is 1.58. The minimum Gasteiger partial charge on any atom is -0.495 e. The van der Waals surface area contributed by atoms with Gasteiger partial charge in [-0.05, 0) is 37.3 Å². The van der Waals surface area contributed by atoms with Gasteiger partial charge in [-0.15, -0.1) is 0 Å². The van der Waals surface area contributed by atoms with E-state index in [1.54, 1.807) is 13.2 Å². The zero-order valence-corrected chi connectivity index (χ0v) is 13.9. The zero-order valence-electron chi connectivity index (χ0n) is 10.8. The van der Waals surface area contributed by atoms with Crippen molar-refractivity contribution >= 4 is 39.1 Å². The predicted octanol–water partition coefficient (Wildman–Crippen LogP) is 5.40. The summed E-state index contributed by atoms with van der Waals surface area (Å²) in [5, 5.41) is 1.26. The standard InChI is InChI=1S/C14H17BrCl2O2/c1-18-14-8-12(16)10(7-13(14)17)11(15)5-4-9-3-2-6-19-9/h7-9,11H,2-6H2,1H3. The van der Waals surface area contributed by atoms with Gasteiger partial charge in [-0.1, -0.05) is 39.1 Å². The maximum atomic E-state index is 6.27. The Hall–Kier alpha value is 0.0400. The molecule has 0 N–H and O–H groups in total. The van der Waals surface area contributed by atoms with Crippen LogP contribution in [0, 0.1) is 0 Å². The van der Waals surface area contributed by atoms with Crippen molar-refractivity contribution in [2.45, 2.75) is 36.6 Å². The zero-order chi connectivity index (χ0) is 13.8. The Bertz CT molecular complexity index is 434. The number of alkyl halides is 1. The highest BCUT2D eigenvalue weighted by molar-refractivity contribution is 9.09. The second kappa shape index (κ2) is 7.16. The molecule has 2 atom stereocenters. The minimum atomic E-state index is 0.188. The van der Waals surface area contributed by atoms with E-state index >= 15 is 0 Å². The average molecular weight is 368 g/mol. The molecular formula is C14H17BrCl2O2. The van der Waals surface area contributed by atoms with Crippen molar-refractivity contribution in [1.29, 1.82) is 0 Å². The van der Waals surface area contributed by atoms with Gasteiger partial charge in [0.15, 0.2) is 0 Å². The number of hydrogen-bond acceptors (Lipinski definition) is 2. The lowest BCUT2D eigenvalue weighted by Crippen LogP contribution is -2.06. The molecule has 1 aromatic carbocycles. The van der Waals surface area contributed by atoms with Crippen molar-refractivity contribution < 1.29 is 9.47 Å². The molecule has 2 rings (SSSR count). The van der Waals surface area contributed by atoms with Crippen molar-refractivity contribution in [1.82, 2.24) is 0 Å². The van der Waals surface area contributed by atoms with E-state index in [2.05, 4.69) is 15.9 Å². The number of ether oxygens (including phenoxy) is 2. The van der Waals surface area contributed by atoms with E-state index in [4.69, 9.17) is 32.7 Å². The maximum absolute atomic E-state index is 6.27. The van der Waals surface area contributed by atoms with Crippen LogP contribution in [0.3, 0.4) is 0 Å². The van der Waals surface area contributed by atoms with E-state index in [1.807, 2.05) is 6.07 Å². The lowest BCUT2D eigenvalue weighted by Gasteiger charge is -2.16. The SMILES string of the molecule is COc1cc(Cl)c(C(Br)CCC2CCCO2)cc1Cl. The molecule has 1 aliphatic rings. The van der Waals surface area contributed by atoms with Crippen molar-refractivity contribution in [2.75, 3.05) is 13.7 Å². The summed E-state index contributed by atoms with van der Waals surface area (Å²) in [5.74, 6) is 0.606. The number of halogens is 3. The molecule has 0 aromatic heterocycles. The van der Waals surface area contributed by atoms with Gasteiger partial charge in [-0.3, -0.25) is 0 Å². The number of benzene rings is 1. The molecule has 2 unspecified atom stereocenters. The summed E-state index contributed by atoms with van der Waals surface area (Å²) in [5.41, 5.74) is 1.01. The summed E-state index contributed by atoms with van der Waals surface area (Å²) >= 11 is 16.1. The van der Waals surface area contributed by atoms with Crippen molar-refractivity contribution in [3.8, 4) is 5.75 Å². The molecule has 0 bridgehead atoms. The topological polar surface area (TPSA) is 18.5 Å². The fraction of sp³-hybridized carbons (Fsp3) is 0.571. The molecule has 1 aromatic rings. The number of rotatable bonds is 5. The Morgan fingerprint density at radius 2 is 2.21 bits per heavy atom. The van der Waals surface area contributed by atoms with Gasteiger partial charge in [0.05, 0.1) is 18.2 Å². The van der Waals surface area contributed by atoms with Crippen LogP contribution >= 0.6 is 39.1 Å². The van der Waals surface area contributed by atoms with Gasteiger partial charge in [0.2, 0.25) is 0 Å². The molecule has 1 aliphatic heterocycles. The molecule has 1 fully saturated rings. The molecule has 5 heteroatoms. The van der Waals surface area contributed by atoms with Gasteiger partial charge >= 0.3 is 0 Å². The monoisotopic (exact) mass is 366 g/mol. The smallest absolute Gasteiger partial charge is 0.138 e.